The first-order valence-electron chi connectivity index (χ1n) is 13.9. The molecule has 254 valence electrons. The molecule has 0 spiro atoms. The zero-order valence-electron chi connectivity index (χ0n) is 25.4. The van der Waals surface area contributed by atoms with Crippen LogP contribution in [0.5, 0.6) is 5.75 Å². The Morgan fingerprint density at radius 1 is 1.32 bits per heavy atom. The van der Waals surface area contributed by atoms with Crippen LogP contribution in [-0.2, 0) is 47.5 Å². The molecule has 6 N–H and O–H groups in total. The highest BCUT2D eigenvalue weighted by atomic mass is 35.5. The number of Topliss-reactive ketones (excluding diaryl/α,β-unsaturated/α-hetero) is 1. The highest BCUT2D eigenvalue weighted by Gasteiger charge is 2.57. The molecule has 47 heavy (non-hydrogen) atoms. The Kier molecular flexibility index (Phi) is 10.9. The minimum Gasteiger partial charge on any atom is -0.489 e. The van der Waals surface area contributed by atoms with Crippen molar-refractivity contribution < 1.29 is 51.0 Å². The molecule has 0 aliphatic carbocycles. The van der Waals surface area contributed by atoms with Gasteiger partial charge in [-0.05, 0) is 45.0 Å². The number of aryl methyl sites for hydroxylation is 2. The maximum absolute atomic E-state index is 13.3. The number of benzene rings is 1. The summed E-state index contributed by atoms with van der Waals surface area (Å²) in [7, 11) is -3.10. The van der Waals surface area contributed by atoms with Gasteiger partial charge in [-0.1, -0.05) is 16.8 Å². The Morgan fingerprint density at radius 3 is 2.62 bits per heavy atom. The van der Waals surface area contributed by atoms with Crippen LogP contribution >= 0.6 is 22.9 Å². The first-order chi connectivity index (χ1) is 22.0. The number of hydroxylamine groups is 2. The molecule has 1 amide bonds. The van der Waals surface area contributed by atoms with Gasteiger partial charge in [0.1, 0.15) is 18.1 Å². The molecule has 4 rings (SSSR count). The third-order valence-corrected chi connectivity index (χ3v) is 8.60. The number of nitrogen functional groups attached to an aromatic ring is 1. The predicted molar refractivity (Wildman–Crippen MR) is 167 cm³/mol. The Labute approximate surface area is 278 Å². The quantitative estimate of drug-likeness (QED) is 0.0537. The van der Waals surface area contributed by atoms with E-state index in [1.165, 1.54) is 25.3 Å². The summed E-state index contributed by atoms with van der Waals surface area (Å²) in [6, 6.07) is 4.86. The number of rotatable bonds is 16. The molecular weight excluding hydrogens is 682 g/mol. The zero-order chi connectivity index (χ0) is 34.7. The van der Waals surface area contributed by atoms with Crippen LogP contribution in [0.2, 0.25) is 5.02 Å². The van der Waals surface area contributed by atoms with Crippen molar-refractivity contribution in [1.82, 2.24) is 14.7 Å². The summed E-state index contributed by atoms with van der Waals surface area (Å²) >= 11 is 7.50. The van der Waals surface area contributed by atoms with Crippen molar-refractivity contribution in [2.24, 2.45) is 23.9 Å². The zero-order valence-corrected chi connectivity index (χ0v) is 27.8. The maximum atomic E-state index is 13.3. The fraction of sp³-hybridized carbons (Fsp3) is 0.407. The number of carboxylic acids is 1. The van der Waals surface area contributed by atoms with Gasteiger partial charge in [-0.25, -0.2) is 9.78 Å². The summed E-state index contributed by atoms with van der Waals surface area (Å²) in [5, 5.41) is 15.8. The first kappa shape index (κ1) is 35.7. The second-order valence-corrected chi connectivity index (χ2v) is 13.3. The molecule has 0 saturated carbocycles. The number of carbonyl (C=O) groups is 3. The number of halogens is 1. The summed E-state index contributed by atoms with van der Waals surface area (Å²) in [4.78, 5) is 47.2. The summed E-state index contributed by atoms with van der Waals surface area (Å²) in [5.41, 5.74) is 11.1. The van der Waals surface area contributed by atoms with Gasteiger partial charge in [0.15, 0.2) is 23.7 Å². The van der Waals surface area contributed by atoms with Gasteiger partial charge >= 0.3 is 16.4 Å². The van der Waals surface area contributed by atoms with E-state index in [1.54, 1.807) is 12.1 Å². The number of aromatic nitrogens is 3. The number of nitrogens with two attached hydrogens (primary N) is 2. The fourth-order valence-electron chi connectivity index (χ4n) is 4.72. The Bertz CT molecular complexity index is 1810. The van der Waals surface area contributed by atoms with Gasteiger partial charge in [0.25, 0.3) is 12.0 Å². The molecule has 3 heterocycles. The minimum absolute atomic E-state index is 0.0363. The van der Waals surface area contributed by atoms with Gasteiger partial charge in [0, 0.05) is 17.4 Å². The van der Waals surface area contributed by atoms with Crippen molar-refractivity contribution in [3.63, 3.8) is 0 Å². The van der Waals surface area contributed by atoms with Crippen LogP contribution in [0.4, 0.5) is 5.13 Å². The van der Waals surface area contributed by atoms with Gasteiger partial charge in [-0.15, -0.1) is 20.3 Å². The fourth-order valence-corrected chi connectivity index (χ4v) is 6.00. The molecule has 17 nitrogen and oxygen atoms in total. The number of thiazole rings is 1. The van der Waals surface area contributed by atoms with Gasteiger partial charge in [0.2, 0.25) is 6.20 Å². The number of carboxylic acid groups (broad SMARTS) is 1. The van der Waals surface area contributed by atoms with Crippen molar-refractivity contribution in [3.8, 4) is 16.9 Å². The van der Waals surface area contributed by atoms with E-state index in [9.17, 15) is 27.9 Å². The lowest BCUT2D eigenvalue weighted by molar-refractivity contribution is -0.753. The van der Waals surface area contributed by atoms with E-state index in [-0.39, 0.29) is 16.6 Å². The third-order valence-electron chi connectivity index (χ3n) is 7.27. The maximum Gasteiger partial charge on any atom is 0.418 e. The van der Waals surface area contributed by atoms with Crippen molar-refractivity contribution in [1.29, 1.82) is 0 Å². The minimum atomic E-state index is -5.00. The number of nitrogens with zero attached hydrogens (tertiary/aromatic N) is 5. The lowest BCUT2D eigenvalue weighted by Crippen LogP contribution is -2.68. The second kappa shape index (κ2) is 14.3. The van der Waals surface area contributed by atoms with Crippen molar-refractivity contribution in [2.45, 2.75) is 44.9 Å². The Balaban J connectivity index is 1.47. The molecule has 0 bridgehead atoms. The predicted octanol–water partition coefficient (Wildman–Crippen LogP) is 1.20. The topological polar surface area (TPSA) is 243 Å². The summed E-state index contributed by atoms with van der Waals surface area (Å²) in [6.45, 7) is 3.59. The number of oxime groups is 1. The van der Waals surface area contributed by atoms with Crippen LogP contribution in [-0.4, -0.2) is 81.0 Å². The summed E-state index contributed by atoms with van der Waals surface area (Å²) < 4.78 is 45.1. The molecule has 3 aromatic rings. The molecule has 0 radical (unpaired) electrons. The molecule has 20 heteroatoms. The molecule has 0 unspecified atom stereocenters. The molecule has 1 aromatic carbocycles. The lowest BCUT2D eigenvalue weighted by atomic mass is 9.74. The molecule has 1 aliphatic heterocycles. The summed E-state index contributed by atoms with van der Waals surface area (Å²) in [5.74, 6) is -3.98. The van der Waals surface area contributed by atoms with E-state index in [1.807, 2.05) is 28.8 Å². The highest BCUT2D eigenvalue weighted by Crippen LogP contribution is 2.40. The normalized spacial score (nSPS) is 16.9. The molecule has 1 aliphatic rings. The highest BCUT2D eigenvalue weighted by molar-refractivity contribution is 7.80. The Hall–Kier alpha value is -4.14. The van der Waals surface area contributed by atoms with E-state index in [0.717, 1.165) is 35.4 Å². The third kappa shape index (κ3) is 8.42. The van der Waals surface area contributed by atoms with E-state index in [4.69, 9.17) is 37.2 Å². The largest absolute Gasteiger partial charge is 0.489 e. The van der Waals surface area contributed by atoms with Crippen LogP contribution in [0.15, 0.2) is 41.1 Å². The van der Waals surface area contributed by atoms with Crippen molar-refractivity contribution in [2.75, 3.05) is 18.9 Å². The number of ketones is 1. The number of aliphatic carboxylic acids is 1. The van der Waals surface area contributed by atoms with E-state index in [2.05, 4.69) is 14.4 Å². The summed E-state index contributed by atoms with van der Waals surface area (Å²) in [6.07, 6.45) is 2.45. The first-order valence-corrected chi connectivity index (χ1v) is 16.5. The number of β-lactam (4-membered cyclic amide) rings is 1. The van der Waals surface area contributed by atoms with E-state index in [0.29, 0.717) is 16.6 Å². The van der Waals surface area contributed by atoms with Gasteiger partial charge in [0.05, 0.1) is 34.8 Å². The molecule has 2 aromatic heterocycles. The molecule has 2 atom stereocenters. The van der Waals surface area contributed by atoms with Gasteiger partial charge < -0.3 is 26.1 Å². The molecule has 1 saturated heterocycles. The van der Waals surface area contributed by atoms with Crippen LogP contribution in [0.1, 0.15) is 32.4 Å². The van der Waals surface area contributed by atoms with Gasteiger partial charge in [-0.2, -0.15) is 18.2 Å². The number of hydrogen-bond donors (Lipinski definition) is 4. The Morgan fingerprint density at radius 2 is 2.04 bits per heavy atom. The van der Waals surface area contributed by atoms with Crippen LogP contribution in [0.25, 0.3) is 11.1 Å². The molecule has 1 fully saturated rings. The van der Waals surface area contributed by atoms with Crippen LogP contribution in [0, 0.1) is 5.92 Å². The number of carbonyl (C=O) groups excluding carboxylic acids is 2. The lowest BCUT2D eigenvalue weighted by Gasteiger charge is -2.50. The van der Waals surface area contributed by atoms with Crippen LogP contribution in [0.3, 0.4) is 0 Å². The monoisotopic (exact) mass is 714 g/mol. The average Bonchev–Trinajstić information content (AvgIpc) is 3.58. The van der Waals surface area contributed by atoms with E-state index < -0.39 is 64.4 Å². The number of ether oxygens (including phenoxy) is 1. The number of hydrogen-bond acceptors (Lipinski definition) is 13. The number of amides is 1. The van der Waals surface area contributed by atoms with Crippen molar-refractivity contribution >= 4 is 61.8 Å². The van der Waals surface area contributed by atoms with Crippen LogP contribution < -0.4 is 20.9 Å². The molecular formula is C27H33ClN7O10S2+. The smallest absolute Gasteiger partial charge is 0.418 e. The number of anilines is 1. The average molecular weight is 715 g/mol. The van der Waals surface area contributed by atoms with E-state index >= 15 is 0 Å². The second-order valence-electron chi connectivity index (χ2n) is 11.0. The SMILES string of the molecule is C[n+]1cc(-c2ccc(OC[C@H](O/N=C(\C(=O)C[C@@H]3C(=O)N(OS(=O)(=O)O)C3(C)C)c3csc(N)n3)C(=O)O)cc2Cl)cn1CCCN. The van der Waals surface area contributed by atoms with Gasteiger partial charge in [-0.3, -0.25) is 14.1 Å². The standard InChI is InChI=1S/C27H32ClN7O10S2/c1-27(2)18(24(37)35(27)45-47(40,41)42)10-21(36)23(20-14-46-26(30)31-20)32-44-22(25(38)39)13-43-16-5-6-17(19(28)9-16)15-11-33(3)34(12-15)8-4-7-29/h5-6,9,11-12,14,18,22H,4,7-8,10,13,29H2,1-3H3,(H3-,30,31,38,39,40,41,42)/p+1/b32-23-/t18-,22+/m1/s1. The van der Waals surface area contributed by atoms with Crippen molar-refractivity contribution in [3.05, 3.63) is 46.7 Å².